The molecular weight excluding hydrogens is 479 g/mol. The van der Waals surface area contributed by atoms with Crippen molar-refractivity contribution >= 4 is 29.0 Å². The van der Waals surface area contributed by atoms with Gasteiger partial charge < -0.3 is 9.47 Å². The fourth-order valence-corrected chi connectivity index (χ4v) is 5.78. The van der Waals surface area contributed by atoms with Gasteiger partial charge in [0.1, 0.15) is 0 Å². The number of carbonyl (C=O) groups is 1. The predicted molar refractivity (Wildman–Crippen MR) is 152 cm³/mol. The van der Waals surface area contributed by atoms with E-state index in [2.05, 4.69) is 13.8 Å². The summed E-state index contributed by atoms with van der Waals surface area (Å²) >= 11 is 13.1. The Hall–Kier alpha value is 0.170. The standard InChI is InChI=1S/C30H56Cl2O3/c1-3-5-23-34-25-19-15-11-7-9-13-17-21-29(27-28(33)30(29,31)32)22-18-14-10-8-12-16-20-26-35-24-6-4-2/h3-27H2,1-2H3. The summed E-state index contributed by atoms with van der Waals surface area (Å²) in [7, 11) is 0. The zero-order valence-corrected chi connectivity index (χ0v) is 24.7. The summed E-state index contributed by atoms with van der Waals surface area (Å²) < 4.78 is 10.1. The van der Waals surface area contributed by atoms with Gasteiger partial charge in [-0.05, 0) is 38.5 Å². The molecule has 0 bridgehead atoms. The third-order valence-electron chi connectivity index (χ3n) is 7.69. The van der Waals surface area contributed by atoms with Crippen LogP contribution in [-0.4, -0.2) is 36.5 Å². The first-order chi connectivity index (χ1) is 17.0. The lowest BCUT2D eigenvalue weighted by atomic mass is 9.61. The van der Waals surface area contributed by atoms with Crippen LogP contribution in [0.25, 0.3) is 0 Å². The minimum absolute atomic E-state index is 0.0307. The molecule has 0 aliphatic heterocycles. The topological polar surface area (TPSA) is 35.5 Å². The third kappa shape index (κ3) is 14.0. The van der Waals surface area contributed by atoms with Gasteiger partial charge in [-0.1, -0.05) is 127 Å². The lowest BCUT2D eigenvalue weighted by molar-refractivity contribution is -0.135. The molecule has 0 saturated heterocycles. The molecule has 0 spiro atoms. The summed E-state index contributed by atoms with van der Waals surface area (Å²) in [5.41, 5.74) is -0.182. The molecule has 0 atom stereocenters. The zero-order valence-electron chi connectivity index (χ0n) is 23.2. The van der Waals surface area contributed by atoms with E-state index in [9.17, 15) is 4.79 Å². The third-order valence-corrected chi connectivity index (χ3v) is 8.91. The summed E-state index contributed by atoms with van der Waals surface area (Å²) in [6, 6.07) is 0. The predicted octanol–water partition coefficient (Wildman–Crippen LogP) is 9.99. The van der Waals surface area contributed by atoms with Gasteiger partial charge in [-0.3, -0.25) is 4.79 Å². The molecule has 1 aliphatic carbocycles. The first-order valence-corrected chi connectivity index (χ1v) is 15.8. The average Bonchev–Trinajstić information content (AvgIpc) is 2.85. The smallest absolute Gasteiger partial charge is 0.181 e. The molecule has 0 unspecified atom stereocenters. The van der Waals surface area contributed by atoms with E-state index in [1.165, 1.54) is 103 Å². The summed E-state index contributed by atoms with van der Waals surface area (Å²) in [6.45, 7) is 8.06. The van der Waals surface area contributed by atoms with Crippen molar-refractivity contribution in [2.24, 2.45) is 5.41 Å². The van der Waals surface area contributed by atoms with Gasteiger partial charge in [-0.25, -0.2) is 0 Å². The van der Waals surface area contributed by atoms with E-state index in [0.29, 0.717) is 6.42 Å². The molecule has 1 aliphatic rings. The largest absolute Gasteiger partial charge is 0.381 e. The molecule has 0 heterocycles. The number of ketones is 1. The van der Waals surface area contributed by atoms with Crippen LogP contribution in [0.4, 0.5) is 0 Å². The molecule has 0 aromatic carbocycles. The van der Waals surface area contributed by atoms with E-state index < -0.39 is 4.33 Å². The van der Waals surface area contributed by atoms with E-state index in [1.54, 1.807) is 0 Å². The molecule has 1 fully saturated rings. The highest BCUT2D eigenvalue weighted by Crippen LogP contribution is 2.60. The van der Waals surface area contributed by atoms with Gasteiger partial charge in [0.2, 0.25) is 0 Å². The molecule has 0 aromatic rings. The maximum absolute atomic E-state index is 12.1. The SMILES string of the molecule is CCCCOCCCCCCCCCC1(CCCCCCCCCOCCCC)CC(=O)C1(Cl)Cl. The highest BCUT2D eigenvalue weighted by molar-refractivity contribution is 6.61. The normalized spacial score (nSPS) is 16.5. The summed E-state index contributed by atoms with van der Waals surface area (Å²) in [5.74, 6) is 0.0307. The second-order valence-corrected chi connectivity index (χ2v) is 12.2. The lowest BCUT2D eigenvalue weighted by Crippen LogP contribution is -2.57. The second kappa shape index (κ2) is 21.1. The number of hydrogen-bond donors (Lipinski definition) is 0. The molecule has 3 nitrogen and oxygen atoms in total. The Morgan fingerprint density at radius 3 is 1.26 bits per heavy atom. The molecule has 1 rings (SSSR count). The van der Waals surface area contributed by atoms with Gasteiger partial charge in [0.05, 0.1) is 0 Å². The van der Waals surface area contributed by atoms with Crippen LogP contribution in [0.5, 0.6) is 0 Å². The van der Waals surface area contributed by atoms with Crippen LogP contribution in [0.15, 0.2) is 0 Å². The van der Waals surface area contributed by atoms with E-state index in [-0.39, 0.29) is 11.2 Å². The fraction of sp³-hybridized carbons (Fsp3) is 0.967. The highest BCUT2D eigenvalue weighted by Gasteiger charge is 2.63. The highest BCUT2D eigenvalue weighted by atomic mass is 35.5. The minimum Gasteiger partial charge on any atom is -0.381 e. The van der Waals surface area contributed by atoms with E-state index in [1.807, 2.05) is 0 Å². The van der Waals surface area contributed by atoms with Crippen LogP contribution in [0.3, 0.4) is 0 Å². The van der Waals surface area contributed by atoms with Crippen LogP contribution >= 0.6 is 23.2 Å². The van der Waals surface area contributed by atoms with Crippen molar-refractivity contribution in [2.75, 3.05) is 26.4 Å². The average molecular weight is 536 g/mol. The molecule has 0 aromatic heterocycles. The number of carbonyl (C=O) groups excluding carboxylic acids is 1. The number of unbranched alkanes of at least 4 members (excludes halogenated alkanes) is 14. The Bertz CT molecular complexity index is 482. The number of alkyl halides is 2. The van der Waals surface area contributed by atoms with E-state index in [0.717, 1.165) is 52.1 Å². The van der Waals surface area contributed by atoms with Crippen LogP contribution in [0.2, 0.25) is 0 Å². The quantitative estimate of drug-likeness (QED) is 0.0816. The van der Waals surface area contributed by atoms with Gasteiger partial charge >= 0.3 is 0 Å². The first kappa shape index (κ1) is 33.2. The Labute approximate surface area is 227 Å². The van der Waals surface area contributed by atoms with Crippen molar-refractivity contribution in [3.63, 3.8) is 0 Å². The molecule has 5 heteroatoms. The monoisotopic (exact) mass is 534 g/mol. The Kier molecular flexibility index (Phi) is 20.1. The lowest BCUT2D eigenvalue weighted by Gasteiger charge is -2.51. The summed E-state index contributed by atoms with van der Waals surface area (Å²) in [4.78, 5) is 12.1. The summed E-state index contributed by atoms with van der Waals surface area (Å²) in [5, 5.41) is 0. The maximum Gasteiger partial charge on any atom is 0.181 e. The summed E-state index contributed by atoms with van der Waals surface area (Å²) in [6.07, 6.45) is 24.6. The van der Waals surface area contributed by atoms with Gasteiger partial charge in [0.15, 0.2) is 10.1 Å². The fourth-order valence-electron chi connectivity index (χ4n) is 5.13. The van der Waals surface area contributed by atoms with Gasteiger partial charge in [0.25, 0.3) is 0 Å². The number of Topliss-reactive ketones (excluding diaryl/α,β-unsaturated/α-hetero) is 1. The van der Waals surface area contributed by atoms with Crippen molar-refractivity contribution < 1.29 is 14.3 Å². The van der Waals surface area contributed by atoms with Gasteiger partial charge in [0, 0.05) is 38.3 Å². The van der Waals surface area contributed by atoms with Crippen LogP contribution in [0.1, 0.15) is 149 Å². The van der Waals surface area contributed by atoms with Crippen molar-refractivity contribution in [2.45, 2.75) is 153 Å². The number of hydrogen-bond acceptors (Lipinski definition) is 3. The maximum atomic E-state index is 12.1. The molecule has 1 saturated carbocycles. The van der Waals surface area contributed by atoms with Crippen molar-refractivity contribution in [3.05, 3.63) is 0 Å². The van der Waals surface area contributed by atoms with Crippen LogP contribution in [0, 0.1) is 5.41 Å². The Morgan fingerprint density at radius 1 is 0.571 bits per heavy atom. The van der Waals surface area contributed by atoms with E-state index in [4.69, 9.17) is 32.7 Å². The van der Waals surface area contributed by atoms with E-state index >= 15 is 0 Å². The zero-order chi connectivity index (χ0) is 25.7. The van der Waals surface area contributed by atoms with Crippen LogP contribution < -0.4 is 0 Å². The Balaban J connectivity index is 2.07. The van der Waals surface area contributed by atoms with Crippen molar-refractivity contribution in [3.8, 4) is 0 Å². The minimum atomic E-state index is -1.15. The van der Waals surface area contributed by atoms with Crippen molar-refractivity contribution in [1.29, 1.82) is 0 Å². The second-order valence-electron chi connectivity index (χ2n) is 10.8. The Morgan fingerprint density at radius 2 is 0.914 bits per heavy atom. The molecule has 208 valence electrons. The molecular formula is C30H56Cl2O3. The van der Waals surface area contributed by atoms with Crippen molar-refractivity contribution in [1.82, 2.24) is 0 Å². The van der Waals surface area contributed by atoms with Gasteiger partial charge in [-0.15, -0.1) is 0 Å². The molecule has 0 N–H and O–H groups in total. The number of halogens is 2. The van der Waals surface area contributed by atoms with Crippen LogP contribution in [-0.2, 0) is 14.3 Å². The first-order valence-electron chi connectivity index (χ1n) is 15.1. The number of ether oxygens (including phenoxy) is 2. The molecule has 0 amide bonds. The molecule has 35 heavy (non-hydrogen) atoms. The number of rotatable bonds is 26. The molecule has 0 radical (unpaired) electrons. The van der Waals surface area contributed by atoms with Gasteiger partial charge in [-0.2, -0.15) is 0 Å².